The lowest BCUT2D eigenvalue weighted by Crippen LogP contribution is -2.48. The molecule has 120 valence electrons. The summed E-state index contributed by atoms with van der Waals surface area (Å²) in [6.07, 6.45) is 4.56. The van der Waals surface area contributed by atoms with Gasteiger partial charge in [0.05, 0.1) is 10.6 Å². The molecule has 1 aliphatic heterocycles. The number of nitrogens with one attached hydrogen (secondary N) is 1. The van der Waals surface area contributed by atoms with Crippen molar-refractivity contribution >= 4 is 29.1 Å². The first-order valence-electron chi connectivity index (χ1n) is 7.75. The summed E-state index contributed by atoms with van der Waals surface area (Å²) in [7, 11) is 0. The van der Waals surface area contributed by atoms with E-state index < -0.39 is 5.54 Å². The highest BCUT2D eigenvalue weighted by Gasteiger charge is 2.51. The van der Waals surface area contributed by atoms with Gasteiger partial charge in [0.15, 0.2) is 0 Å². The van der Waals surface area contributed by atoms with E-state index in [0.29, 0.717) is 17.1 Å². The number of carbonyl (C=O) groups excluding carboxylic acids is 1. The number of halogens is 2. The van der Waals surface area contributed by atoms with Crippen molar-refractivity contribution in [1.29, 1.82) is 0 Å². The standard InChI is InChI=1S/C16H20Cl2N2O2/c1-2-20-14(11-8-10(17)9-12(18)13(11)21)19-16(15(20)22)6-4-3-5-7-16/h8-9,14,19,21H,2-7H2,1H3. The first-order valence-corrected chi connectivity index (χ1v) is 8.51. The maximum absolute atomic E-state index is 12.9. The zero-order chi connectivity index (χ0) is 15.9. The summed E-state index contributed by atoms with van der Waals surface area (Å²) in [5.41, 5.74) is 0.0651. The topological polar surface area (TPSA) is 52.6 Å². The second-order valence-corrected chi connectivity index (χ2v) is 6.95. The van der Waals surface area contributed by atoms with E-state index in [-0.39, 0.29) is 22.8 Å². The summed E-state index contributed by atoms with van der Waals surface area (Å²) in [5.74, 6) is 0.109. The Morgan fingerprint density at radius 2 is 2.00 bits per heavy atom. The fraction of sp³-hybridized carbons (Fsp3) is 0.562. The largest absolute Gasteiger partial charge is 0.506 e. The van der Waals surface area contributed by atoms with Gasteiger partial charge in [-0.15, -0.1) is 0 Å². The Hall–Kier alpha value is -0.970. The molecular formula is C16H20Cl2N2O2. The summed E-state index contributed by atoms with van der Waals surface area (Å²) in [4.78, 5) is 14.7. The molecular weight excluding hydrogens is 323 g/mol. The first-order chi connectivity index (χ1) is 10.5. The molecule has 4 nitrogen and oxygen atoms in total. The van der Waals surface area contributed by atoms with Crippen LogP contribution in [0.1, 0.15) is 50.8 Å². The molecule has 6 heteroatoms. The van der Waals surface area contributed by atoms with Gasteiger partial charge in [0.25, 0.3) is 0 Å². The fourth-order valence-electron chi connectivity index (χ4n) is 3.67. The van der Waals surface area contributed by atoms with Gasteiger partial charge in [-0.3, -0.25) is 10.1 Å². The predicted molar refractivity (Wildman–Crippen MR) is 87.2 cm³/mol. The number of hydrogen-bond acceptors (Lipinski definition) is 3. The molecule has 0 bridgehead atoms. The van der Waals surface area contributed by atoms with E-state index in [2.05, 4.69) is 5.32 Å². The molecule has 1 saturated carbocycles. The van der Waals surface area contributed by atoms with Crippen molar-refractivity contribution in [3.8, 4) is 5.75 Å². The van der Waals surface area contributed by atoms with Gasteiger partial charge >= 0.3 is 0 Å². The Morgan fingerprint density at radius 1 is 1.32 bits per heavy atom. The third kappa shape index (κ3) is 2.47. The van der Waals surface area contributed by atoms with Crippen LogP contribution in [0.5, 0.6) is 5.75 Å². The molecule has 1 aromatic carbocycles. The molecule has 0 radical (unpaired) electrons. The molecule has 1 unspecified atom stereocenters. The van der Waals surface area contributed by atoms with Gasteiger partial charge in [-0.1, -0.05) is 42.5 Å². The highest BCUT2D eigenvalue weighted by atomic mass is 35.5. The number of likely N-dealkylation sites (N-methyl/N-ethyl adjacent to an activating group) is 1. The molecule has 2 N–H and O–H groups in total. The molecule has 1 amide bonds. The van der Waals surface area contributed by atoms with Crippen LogP contribution in [0.4, 0.5) is 0 Å². The molecule has 1 atom stereocenters. The molecule has 1 saturated heterocycles. The van der Waals surface area contributed by atoms with Crippen LogP contribution >= 0.6 is 23.2 Å². The van der Waals surface area contributed by atoms with E-state index >= 15 is 0 Å². The van der Waals surface area contributed by atoms with Crippen LogP contribution in [-0.4, -0.2) is 28.0 Å². The van der Waals surface area contributed by atoms with Gasteiger partial charge in [0.1, 0.15) is 11.9 Å². The molecule has 1 aliphatic carbocycles. The van der Waals surface area contributed by atoms with Crippen LogP contribution in [0.2, 0.25) is 10.0 Å². The number of phenolic OH excluding ortho intramolecular Hbond substituents is 1. The number of amides is 1. The lowest BCUT2D eigenvalue weighted by molar-refractivity contribution is -0.134. The maximum Gasteiger partial charge on any atom is 0.244 e. The Labute approximate surface area is 140 Å². The number of benzene rings is 1. The number of phenols is 1. The van der Waals surface area contributed by atoms with Crippen LogP contribution in [0.15, 0.2) is 12.1 Å². The minimum Gasteiger partial charge on any atom is -0.506 e. The summed E-state index contributed by atoms with van der Waals surface area (Å²) < 4.78 is 0. The summed E-state index contributed by atoms with van der Waals surface area (Å²) in [5, 5.41) is 14.4. The Balaban J connectivity index is 2.02. The average molecular weight is 343 g/mol. The van der Waals surface area contributed by atoms with E-state index in [4.69, 9.17) is 23.2 Å². The van der Waals surface area contributed by atoms with E-state index in [1.54, 1.807) is 11.0 Å². The van der Waals surface area contributed by atoms with Crippen molar-refractivity contribution in [3.05, 3.63) is 27.7 Å². The van der Waals surface area contributed by atoms with E-state index in [0.717, 1.165) is 25.7 Å². The number of hydrogen-bond donors (Lipinski definition) is 2. The van der Waals surface area contributed by atoms with Crippen LogP contribution in [0.3, 0.4) is 0 Å². The van der Waals surface area contributed by atoms with Crippen LogP contribution in [0.25, 0.3) is 0 Å². The number of rotatable bonds is 2. The third-order valence-corrected chi connectivity index (χ3v) is 5.30. The van der Waals surface area contributed by atoms with Gasteiger partial charge in [-0.2, -0.15) is 0 Å². The molecule has 2 aliphatic rings. The molecule has 1 heterocycles. The highest BCUT2D eigenvalue weighted by Crippen LogP contribution is 2.43. The van der Waals surface area contributed by atoms with Crippen molar-refractivity contribution in [2.24, 2.45) is 0 Å². The Bertz CT molecular complexity index is 600. The minimum absolute atomic E-state index is 0.0114. The van der Waals surface area contributed by atoms with E-state index in [9.17, 15) is 9.90 Å². The van der Waals surface area contributed by atoms with Gasteiger partial charge in [-0.05, 0) is 31.9 Å². The molecule has 0 aromatic heterocycles. The average Bonchev–Trinajstić information content (AvgIpc) is 2.76. The first kappa shape index (κ1) is 15.9. The zero-order valence-electron chi connectivity index (χ0n) is 12.5. The predicted octanol–water partition coefficient (Wildman–Crippen LogP) is 3.85. The van der Waals surface area contributed by atoms with Crippen molar-refractivity contribution < 1.29 is 9.90 Å². The maximum atomic E-state index is 12.9. The molecule has 1 spiro atoms. The highest BCUT2D eigenvalue weighted by molar-refractivity contribution is 6.35. The van der Waals surface area contributed by atoms with Crippen molar-refractivity contribution in [1.82, 2.24) is 10.2 Å². The molecule has 3 rings (SSSR count). The zero-order valence-corrected chi connectivity index (χ0v) is 14.0. The van der Waals surface area contributed by atoms with Crippen molar-refractivity contribution in [2.75, 3.05) is 6.54 Å². The quantitative estimate of drug-likeness (QED) is 0.858. The summed E-state index contributed by atoms with van der Waals surface area (Å²) in [6, 6.07) is 3.18. The second kappa shape index (κ2) is 5.91. The summed E-state index contributed by atoms with van der Waals surface area (Å²) >= 11 is 12.1. The van der Waals surface area contributed by atoms with Gasteiger partial charge in [-0.25, -0.2) is 0 Å². The fourth-order valence-corrected chi connectivity index (χ4v) is 4.18. The van der Waals surface area contributed by atoms with E-state index in [1.807, 2.05) is 6.92 Å². The molecule has 1 aromatic rings. The SMILES string of the molecule is CCN1C(=O)C2(CCCCC2)NC1c1cc(Cl)cc(Cl)c1O. The Kier molecular flexibility index (Phi) is 4.27. The minimum atomic E-state index is -0.500. The van der Waals surface area contributed by atoms with Gasteiger partial charge in [0.2, 0.25) is 5.91 Å². The second-order valence-electron chi connectivity index (χ2n) is 6.11. The molecule has 22 heavy (non-hydrogen) atoms. The van der Waals surface area contributed by atoms with Crippen LogP contribution in [-0.2, 0) is 4.79 Å². The number of carbonyl (C=O) groups is 1. The van der Waals surface area contributed by atoms with Gasteiger partial charge in [0, 0.05) is 17.1 Å². The molecule has 2 fully saturated rings. The monoisotopic (exact) mass is 342 g/mol. The summed E-state index contributed by atoms with van der Waals surface area (Å²) in [6.45, 7) is 2.51. The van der Waals surface area contributed by atoms with Crippen molar-refractivity contribution in [2.45, 2.75) is 50.7 Å². The normalized spacial score (nSPS) is 24.2. The van der Waals surface area contributed by atoms with E-state index in [1.165, 1.54) is 12.5 Å². The third-order valence-electron chi connectivity index (χ3n) is 4.79. The number of nitrogens with zero attached hydrogens (tertiary/aromatic N) is 1. The van der Waals surface area contributed by atoms with Crippen LogP contribution in [0, 0.1) is 0 Å². The van der Waals surface area contributed by atoms with Gasteiger partial charge < -0.3 is 10.0 Å². The smallest absolute Gasteiger partial charge is 0.244 e. The van der Waals surface area contributed by atoms with Crippen molar-refractivity contribution in [3.63, 3.8) is 0 Å². The van der Waals surface area contributed by atoms with Crippen LogP contribution < -0.4 is 5.32 Å². The Morgan fingerprint density at radius 3 is 2.64 bits per heavy atom. The lowest BCUT2D eigenvalue weighted by atomic mass is 9.81. The number of aromatic hydroxyl groups is 1. The lowest BCUT2D eigenvalue weighted by Gasteiger charge is -2.31.